The molecule has 2 unspecified atom stereocenters. The summed E-state index contributed by atoms with van der Waals surface area (Å²) in [5.74, 6) is -0.0107. The number of hydrogen-bond donors (Lipinski definition) is 2. The lowest BCUT2D eigenvalue weighted by Gasteiger charge is -2.29. The zero-order valence-corrected chi connectivity index (χ0v) is 13.1. The molecule has 0 radical (unpaired) electrons. The van der Waals surface area contributed by atoms with Crippen molar-refractivity contribution in [3.05, 3.63) is 29.6 Å². The predicted octanol–water partition coefficient (Wildman–Crippen LogP) is 2.53. The van der Waals surface area contributed by atoms with Crippen molar-refractivity contribution in [1.82, 2.24) is 4.72 Å². The van der Waals surface area contributed by atoms with Crippen LogP contribution < -0.4 is 10.5 Å². The Labute approximate surface area is 126 Å². The molecule has 4 nitrogen and oxygen atoms in total. The summed E-state index contributed by atoms with van der Waals surface area (Å²) >= 11 is 0. The Bertz CT molecular complexity index is 589. The first kappa shape index (κ1) is 16.4. The van der Waals surface area contributed by atoms with E-state index in [9.17, 15) is 12.8 Å². The van der Waals surface area contributed by atoms with Crippen LogP contribution in [0.15, 0.2) is 23.1 Å². The molecule has 0 heterocycles. The third-order valence-electron chi connectivity index (χ3n) is 4.25. The van der Waals surface area contributed by atoms with Gasteiger partial charge in [-0.2, -0.15) is 0 Å². The van der Waals surface area contributed by atoms with E-state index >= 15 is 0 Å². The van der Waals surface area contributed by atoms with Crippen molar-refractivity contribution in [1.29, 1.82) is 0 Å². The molecule has 0 aliphatic heterocycles. The first-order valence-electron chi connectivity index (χ1n) is 7.47. The molecule has 1 saturated carbocycles. The number of nitrogens with one attached hydrogen (secondary N) is 1. The second kappa shape index (κ2) is 6.85. The van der Waals surface area contributed by atoms with E-state index in [1.165, 1.54) is 18.2 Å². The van der Waals surface area contributed by atoms with E-state index in [4.69, 9.17) is 5.73 Å². The van der Waals surface area contributed by atoms with Crippen LogP contribution in [0.1, 0.15) is 44.6 Å². The lowest BCUT2D eigenvalue weighted by Crippen LogP contribution is -2.38. The van der Waals surface area contributed by atoms with Crippen LogP contribution >= 0.6 is 0 Å². The fourth-order valence-corrected chi connectivity index (χ4v) is 4.58. The fraction of sp³-hybridized carbons (Fsp3) is 0.600. The molecule has 118 valence electrons. The zero-order chi connectivity index (χ0) is 15.5. The third kappa shape index (κ3) is 3.81. The first-order chi connectivity index (χ1) is 9.97. The van der Waals surface area contributed by atoms with Crippen molar-refractivity contribution >= 4 is 10.0 Å². The van der Waals surface area contributed by atoms with Crippen molar-refractivity contribution in [3.63, 3.8) is 0 Å². The van der Waals surface area contributed by atoms with E-state index in [2.05, 4.69) is 11.6 Å². The molecule has 0 bridgehead atoms. The SMILES string of the molecule is CCC1CCCC(NS(=O)(=O)c2cccc(F)c2CN)C1. The second-order valence-electron chi connectivity index (χ2n) is 5.68. The Morgan fingerprint density at radius 2 is 2.14 bits per heavy atom. The van der Waals surface area contributed by atoms with Gasteiger partial charge in [-0.3, -0.25) is 0 Å². The molecule has 2 rings (SSSR count). The number of hydrogen-bond acceptors (Lipinski definition) is 3. The average molecular weight is 314 g/mol. The molecule has 1 fully saturated rings. The Morgan fingerprint density at radius 3 is 2.81 bits per heavy atom. The van der Waals surface area contributed by atoms with Crippen molar-refractivity contribution in [2.45, 2.75) is 56.5 Å². The summed E-state index contributed by atoms with van der Waals surface area (Å²) in [4.78, 5) is -0.0383. The molecule has 1 aliphatic rings. The van der Waals surface area contributed by atoms with E-state index in [1.54, 1.807) is 0 Å². The normalized spacial score (nSPS) is 23.2. The maximum atomic E-state index is 13.7. The van der Waals surface area contributed by atoms with Crippen LogP contribution in [0.2, 0.25) is 0 Å². The minimum Gasteiger partial charge on any atom is -0.326 e. The highest BCUT2D eigenvalue weighted by molar-refractivity contribution is 7.89. The summed E-state index contributed by atoms with van der Waals surface area (Å²) in [6.45, 7) is 1.99. The molecule has 1 aromatic carbocycles. The van der Waals surface area contributed by atoms with Gasteiger partial charge in [0.2, 0.25) is 10.0 Å². The van der Waals surface area contributed by atoms with Gasteiger partial charge in [0.25, 0.3) is 0 Å². The number of sulfonamides is 1. The minimum absolute atomic E-state index is 0.0383. The largest absolute Gasteiger partial charge is 0.326 e. The molecule has 1 aromatic rings. The van der Waals surface area contributed by atoms with Gasteiger partial charge in [0.1, 0.15) is 5.82 Å². The molecular formula is C15H23FN2O2S. The molecule has 0 spiro atoms. The molecule has 2 atom stereocenters. The smallest absolute Gasteiger partial charge is 0.241 e. The summed E-state index contributed by atoms with van der Waals surface area (Å²) in [7, 11) is -3.73. The van der Waals surface area contributed by atoms with Gasteiger partial charge >= 0.3 is 0 Å². The van der Waals surface area contributed by atoms with Gasteiger partial charge in [0.15, 0.2) is 0 Å². The molecule has 0 aromatic heterocycles. The van der Waals surface area contributed by atoms with Crippen LogP contribution in [-0.4, -0.2) is 14.5 Å². The van der Waals surface area contributed by atoms with Crippen LogP contribution in [0.5, 0.6) is 0 Å². The maximum absolute atomic E-state index is 13.7. The number of nitrogens with two attached hydrogens (primary N) is 1. The average Bonchev–Trinajstić information content (AvgIpc) is 2.46. The number of rotatable bonds is 5. The topological polar surface area (TPSA) is 72.2 Å². The quantitative estimate of drug-likeness (QED) is 0.877. The lowest BCUT2D eigenvalue weighted by molar-refractivity contribution is 0.301. The van der Waals surface area contributed by atoms with Crippen LogP contribution in [0, 0.1) is 11.7 Å². The maximum Gasteiger partial charge on any atom is 0.241 e. The zero-order valence-electron chi connectivity index (χ0n) is 12.3. The van der Waals surface area contributed by atoms with E-state index in [0.717, 1.165) is 32.1 Å². The Hall–Kier alpha value is -0.980. The Kier molecular flexibility index (Phi) is 5.35. The van der Waals surface area contributed by atoms with Gasteiger partial charge in [-0.25, -0.2) is 17.5 Å². The van der Waals surface area contributed by atoms with E-state index in [-0.39, 0.29) is 23.0 Å². The number of halogens is 1. The molecule has 0 saturated heterocycles. The van der Waals surface area contributed by atoms with Gasteiger partial charge in [-0.05, 0) is 30.9 Å². The summed E-state index contributed by atoms with van der Waals surface area (Å²) in [6, 6.07) is 3.98. The van der Waals surface area contributed by atoms with Crippen LogP contribution in [-0.2, 0) is 16.6 Å². The van der Waals surface area contributed by atoms with Crippen LogP contribution in [0.3, 0.4) is 0 Å². The third-order valence-corrected chi connectivity index (χ3v) is 5.86. The van der Waals surface area contributed by atoms with Gasteiger partial charge in [0, 0.05) is 18.2 Å². The van der Waals surface area contributed by atoms with E-state index < -0.39 is 15.8 Å². The summed E-state index contributed by atoms with van der Waals surface area (Å²) in [5.41, 5.74) is 5.54. The van der Waals surface area contributed by atoms with Gasteiger partial charge in [-0.15, -0.1) is 0 Å². The van der Waals surface area contributed by atoms with Crippen molar-refractivity contribution in [2.24, 2.45) is 11.7 Å². The van der Waals surface area contributed by atoms with Crippen molar-refractivity contribution < 1.29 is 12.8 Å². The van der Waals surface area contributed by atoms with E-state index in [0.29, 0.717) is 5.92 Å². The molecule has 0 amide bonds. The van der Waals surface area contributed by atoms with Gasteiger partial charge in [-0.1, -0.05) is 32.3 Å². The summed E-state index contributed by atoms with van der Waals surface area (Å²) in [6.07, 6.45) is 4.93. The lowest BCUT2D eigenvalue weighted by atomic mass is 9.85. The number of benzene rings is 1. The van der Waals surface area contributed by atoms with Gasteiger partial charge in [0.05, 0.1) is 4.90 Å². The molecule has 21 heavy (non-hydrogen) atoms. The van der Waals surface area contributed by atoms with E-state index in [1.807, 2.05) is 0 Å². The first-order valence-corrected chi connectivity index (χ1v) is 8.96. The Morgan fingerprint density at radius 1 is 1.38 bits per heavy atom. The van der Waals surface area contributed by atoms with Crippen molar-refractivity contribution in [2.75, 3.05) is 0 Å². The fourth-order valence-electron chi connectivity index (χ4n) is 3.04. The predicted molar refractivity (Wildman–Crippen MR) is 80.6 cm³/mol. The molecule has 6 heteroatoms. The minimum atomic E-state index is -3.73. The molecule has 3 N–H and O–H groups in total. The highest BCUT2D eigenvalue weighted by Gasteiger charge is 2.27. The summed E-state index contributed by atoms with van der Waals surface area (Å²) in [5, 5.41) is 0. The summed E-state index contributed by atoms with van der Waals surface area (Å²) < 4.78 is 41.4. The molecular weight excluding hydrogens is 291 g/mol. The van der Waals surface area contributed by atoms with Crippen LogP contribution in [0.25, 0.3) is 0 Å². The highest BCUT2D eigenvalue weighted by atomic mass is 32.2. The highest BCUT2D eigenvalue weighted by Crippen LogP contribution is 2.28. The second-order valence-corrected chi connectivity index (χ2v) is 7.36. The Balaban J connectivity index is 2.21. The monoisotopic (exact) mass is 314 g/mol. The van der Waals surface area contributed by atoms with Crippen molar-refractivity contribution in [3.8, 4) is 0 Å². The molecule has 1 aliphatic carbocycles. The van der Waals surface area contributed by atoms with Gasteiger partial charge < -0.3 is 5.73 Å². The standard InChI is InChI=1S/C15H23FN2O2S/c1-2-11-5-3-6-12(9-11)18-21(19,20)15-8-4-7-14(16)13(15)10-17/h4,7-8,11-12,18H,2-3,5-6,9-10,17H2,1H3. The van der Waals surface area contributed by atoms with Crippen LogP contribution in [0.4, 0.5) is 4.39 Å².